The van der Waals surface area contributed by atoms with Gasteiger partial charge in [-0.1, -0.05) is 210 Å². The van der Waals surface area contributed by atoms with Crippen LogP contribution in [0.25, 0.3) is 0 Å². The SMILES string of the molecule is BrP(Br)(c1ccccc1)(c1ccccc1)c1ccccc1.COc1ccc(CBr)c(OC)c1.COc1ccc(CNCCSC(c2ccccc2)(c2ccccc2)c2ccccc2)c(OC)c1.COc1ccc(CO)c(OC)c1.NCCSC(c1ccccc1)(c1ccccc1)c1ccccc1. The Bertz CT molecular complexity index is 3990. The zero-order valence-corrected chi connectivity index (χ0v) is 65.8. The van der Waals surface area contributed by atoms with Crippen molar-refractivity contribution in [2.75, 3.05) is 67.3 Å². The van der Waals surface area contributed by atoms with Gasteiger partial charge in [-0.05, 0) is 57.6 Å². The van der Waals surface area contributed by atoms with Crippen molar-refractivity contribution in [2.24, 2.45) is 5.73 Å². The number of benzene rings is 12. The maximum atomic E-state index is 8.89. The fourth-order valence-electron chi connectivity index (χ4n) is 11.7. The van der Waals surface area contributed by atoms with Crippen molar-refractivity contribution < 1.29 is 33.5 Å². The molecule has 12 rings (SSSR count). The number of thioether (sulfide) groups is 2. The standard InChI is InChI=1S/C30H31NO2S.C21H21NS.C18H15Br2P.C9H11BrO2.C9H12O3/c1-32-28-19-18-24(29(22-28)33-2)23-31-20-21-34-30(25-12-6-3-7-13-25,26-14-8-4-9-15-26)27-16-10-5-11-17-27;22-16-17-23-21(18-10-4-1-5-11-18,19-12-6-2-7-13-19)20-14-8-3-9-15-20;19-21(20,16-10-4-1-5-11-16,17-12-6-2-7-13-17)18-14-8-3-9-15-18;2*1-11-8-4-3-7(6-10)9(5-8)12-2/h3-19,22,31H,20-21,23H2,1-2H3;1-15H,16-17,22H2;1-15H;3-5H,6H2,1-2H3;3-5,10H,6H2,1-2H3. The van der Waals surface area contributed by atoms with Crippen LogP contribution >= 0.6 is 74.4 Å². The van der Waals surface area contributed by atoms with Crippen LogP contribution in [0.4, 0.5) is 0 Å². The third kappa shape index (κ3) is 20.4. The monoisotopic (exact) mass is 1610 g/mol. The molecule has 4 N–H and O–H groups in total. The van der Waals surface area contributed by atoms with Crippen LogP contribution in [-0.2, 0) is 28.0 Å². The molecular formula is C87H90Br3N2O7PS2. The summed E-state index contributed by atoms with van der Waals surface area (Å²) in [5.41, 5.74) is 16.6. The van der Waals surface area contributed by atoms with Gasteiger partial charge >= 0.3 is 142 Å². The van der Waals surface area contributed by atoms with E-state index in [-0.39, 0.29) is 16.1 Å². The number of alkyl halides is 1. The molecule has 12 aromatic carbocycles. The molecule has 0 fully saturated rings. The van der Waals surface area contributed by atoms with Gasteiger partial charge in [0.1, 0.15) is 34.5 Å². The van der Waals surface area contributed by atoms with Crippen molar-refractivity contribution in [3.05, 3.63) is 378 Å². The van der Waals surface area contributed by atoms with Crippen LogP contribution in [0.3, 0.4) is 0 Å². The summed E-state index contributed by atoms with van der Waals surface area (Å²) in [6, 6.07) is 113. The molecule has 0 aliphatic carbocycles. The molecule has 0 unspecified atom stereocenters. The van der Waals surface area contributed by atoms with Crippen LogP contribution in [0, 0.1) is 0 Å². The Labute approximate surface area is 637 Å². The summed E-state index contributed by atoms with van der Waals surface area (Å²) >= 11 is 15.6. The number of halogens is 3. The molecule has 0 saturated heterocycles. The first-order chi connectivity index (χ1) is 49.9. The fraction of sp³-hybridized carbons (Fsp3) is 0.172. The molecule has 0 heterocycles. The summed E-state index contributed by atoms with van der Waals surface area (Å²) in [6.45, 7) is 2.25. The van der Waals surface area contributed by atoms with Crippen LogP contribution in [0.15, 0.2) is 328 Å². The summed E-state index contributed by atoms with van der Waals surface area (Å²) in [4.78, 5) is 0. The van der Waals surface area contributed by atoms with Gasteiger partial charge in [0.25, 0.3) is 0 Å². The number of hydrogen-bond acceptors (Lipinski definition) is 11. The van der Waals surface area contributed by atoms with Crippen molar-refractivity contribution >= 4 is 90.4 Å². The molecule has 12 aromatic rings. The largest absolute Gasteiger partial charge is 0.497 e. The van der Waals surface area contributed by atoms with Gasteiger partial charge in [0, 0.05) is 71.4 Å². The number of hydrogen-bond donors (Lipinski definition) is 3. The summed E-state index contributed by atoms with van der Waals surface area (Å²) in [5, 5.41) is 17.1. The smallest absolute Gasteiger partial charge is 0.128 e. The minimum atomic E-state index is -2.75. The Hall–Kier alpha value is -8.11. The van der Waals surface area contributed by atoms with Gasteiger partial charge in [-0.2, -0.15) is 0 Å². The molecule has 102 heavy (non-hydrogen) atoms. The second kappa shape index (κ2) is 41.3. The fourth-order valence-corrected chi connectivity index (χ4v) is 22.2. The van der Waals surface area contributed by atoms with Gasteiger partial charge in [-0.3, -0.25) is 0 Å². The van der Waals surface area contributed by atoms with Gasteiger partial charge in [0.05, 0.1) is 58.8 Å². The molecule has 0 aromatic heterocycles. The van der Waals surface area contributed by atoms with Crippen molar-refractivity contribution in [3.8, 4) is 34.5 Å². The Morgan fingerprint density at radius 2 is 0.618 bits per heavy atom. The quantitative estimate of drug-likeness (QED) is 0.0208. The molecule has 15 heteroatoms. The first-order valence-corrected chi connectivity index (χ1v) is 42.7. The predicted octanol–water partition coefficient (Wildman–Crippen LogP) is 20.1. The average molecular weight is 1610 g/mol. The van der Waals surface area contributed by atoms with E-state index in [0.29, 0.717) is 12.3 Å². The molecule has 528 valence electrons. The van der Waals surface area contributed by atoms with Crippen LogP contribution < -0.4 is 55.4 Å². The zero-order valence-electron chi connectivity index (χ0n) is 58.5. The molecule has 0 radical (unpaired) electrons. The van der Waals surface area contributed by atoms with Crippen molar-refractivity contribution in [3.63, 3.8) is 0 Å². The molecule has 0 spiro atoms. The van der Waals surface area contributed by atoms with E-state index in [1.807, 2.05) is 53.9 Å². The van der Waals surface area contributed by atoms with Gasteiger partial charge in [0.15, 0.2) is 0 Å². The zero-order chi connectivity index (χ0) is 72.3. The Morgan fingerprint density at radius 1 is 0.353 bits per heavy atom. The third-order valence-corrected chi connectivity index (χ3v) is 31.6. The van der Waals surface area contributed by atoms with Crippen molar-refractivity contribution in [1.82, 2.24) is 5.32 Å². The van der Waals surface area contributed by atoms with Crippen LogP contribution in [0.5, 0.6) is 34.5 Å². The molecule has 0 bridgehead atoms. The summed E-state index contributed by atoms with van der Waals surface area (Å²) in [5.74, 6) is 6.53. The maximum absolute atomic E-state index is 8.89. The third-order valence-electron chi connectivity index (χ3n) is 16.9. The molecule has 0 aliphatic heterocycles. The minimum absolute atomic E-state index is 0.0207. The second-order valence-electron chi connectivity index (χ2n) is 23.0. The molecule has 0 atom stereocenters. The van der Waals surface area contributed by atoms with Crippen LogP contribution in [-0.4, -0.2) is 72.4 Å². The number of rotatable bonds is 26. The number of nitrogens with two attached hydrogens (primary N) is 1. The van der Waals surface area contributed by atoms with E-state index in [9.17, 15) is 0 Å². The van der Waals surface area contributed by atoms with E-state index < -0.39 is 4.01 Å². The van der Waals surface area contributed by atoms with Gasteiger partial charge in [-0.25, -0.2) is 0 Å². The van der Waals surface area contributed by atoms with Crippen molar-refractivity contribution in [2.45, 2.75) is 28.0 Å². The van der Waals surface area contributed by atoms with E-state index in [0.717, 1.165) is 75.4 Å². The Balaban J connectivity index is 0.000000171. The van der Waals surface area contributed by atoms with E-state index in [2.05, 4.69) is 331 Å². The van der Waals surface area contributed by atoms with E-state index in [4.69, 9.17) is 39.3 Å². The van der Waals surface area contributed by atoms with E-state index >= 15 is 0 Å². The number of aliphatic hydroxyl groups is 1. The summed E-state index contributed by atoms with van der Waals surface area (Å²) < 4.78 is 27.9. The minimum Gasteiger partial charge on any atom is -0.497 e. The number of ether oxygens (including phenoxy) is 6. The number of aliphatic hydroxyl groups excluding tert-OH is 1. The van der Waals surface area contributed by atoms with Gasteiger partial charge in [-0.15, -0.1) is 23.5 Å². The Kier molecular flexibility index (Phi) is 32.2. The predicted molar refractivity (Wildman–Crippen MR) is 444 cm³/mol. The maximum Gasteiger partial charge on any atom is 0.128 e. The van der Waals surface area contributed by atoms with E-state index in [1.54, 1.807) is 60.9 Å². The number of nitrogens with one attached hydrogen (secondary N) is 1. The van der Waals surface area contributed by atoms with E-state index in [1.165, 1.54) is 49.3 Å². The van der Waals surface area contributed by atoms with Gasteiger partial charge < -0.3 is 44.6 Å². The van der Waals surface area contributed by atoms with Crippen LogP contribution in [0.1, 0.15) is 50.1 Å². The van der Waals surface area contributed by atoms with Crippen LogP contribution in [0.2, 0.25) is 0 Å². The average Bonchev–Trinajstić information content (AvgIpc) is 0.678. The first-order valence-electron chi connectivity index (χ1n) is 33.3. The molecule has 0 aliphatic rings. The summed E-state index contributed by atoms with van der Waals surface area (Å²) in [6.07, 6.45) is 0. The van der Waals surface area contributed by atoms with Crippen molar-refractivity contribution in [1.29, 1.82) is 0 Å². The molecular weight excluding hydrogens is 1520 g/mol. The normalized spacial score (nSPS) is 11.3. The molecule has 0 amide bonds. The molecule has 0 saturated carbocycles. The Morgan fingerprint density at radius 3 is 0.892 bits per heavy atom. The second-order valence-corrected chi connectivity index (χ2v) is 40.9. The first kappa shape index (κ1) is 79.6. The van der Waals surface area contributed by atoms with Gasteiger partial charge in [0.2, 0.25) is 0 Å². The summed E-state index contributed by atoms with van der Waals surface area (Å²) in [7, 11) is 9.81. The number of methoxy groups -OCH3 is 6. The molecule has 9 nitrogen and oxygen atoms in total. The topological polar surface area (TPSA) is 114 Å².